The van der Waals surface area contributed by atoms with E-state index in [9.17, 15) is 0 Å². The Morgan fingerprint density at radius 1 is 0.304 bits per heavy atom. The zero-order chi connectivity index (χ0) is 30.8. The van der Waals surface area contributed by atoms with Gasteiger partial charge in [0.2, 0.25) is 0 Å². The van der Waals surface area contributed by atoms with Gasteiger partial charge in [-0.05, 0) is 36.4 Å². The van der Waals surface area contributed by atoms with E-state index in [1.54, 1.807) is 37.2 Å². The number of aromatic nitrogens is 6. The zero-order valence-corrected chi connectivity index (χ0v) is 27.4. The molecule has 0 saturated heterocycles. The monoisotopic (exact) mass is 730 g/mol. The Kier molecular flexibility index (Phi) is 11.4. The Labute approximate surface area is 280 Å². The summed E-state index contributed by atoms with van der Waals surface area (Å²) in [7, 11) is 9.71. The summed E-state index contributed by atoms with van der Waals surface area (Å²) in [6, 6.07) is 36.4. The summed E-state index contributed by atoms with van der Waals surface area (Å²) in [5, 5.41) is 6.83. The molecule has 9 rings (SSSR count). The van der Waals surface area contributed by atoms with Crippen molar-refractivity contribution < 1.29 is 20.6 Å². The first kappa shape index (κ1) is 32.7. The van der Waals surface area contributed by atoms with E-state index in [4.69, 9.17) is 19.4 Å². The molecule has 6 aromatic heterocycles. The second-order valence-electron chi connectivity index (χ2n) is 9.70. The smallest absolute Gasteiger partial charge is 0.0964 e. The summed E-state index contributed by atoms with van der Waals surface area (Å²) in [5.41, 5.74) is 5.86. The molecule has 0 unspecified atom stereocenters. The van der Waals surface area contributed by atoms with Gasteiger partial charge < -0.3 is 5.48 Å². The van der Waals surface area contributed by atoms with Crippen molar-refractivity contribution in [2.75, 3.05) is 0 Å². The molecular formula is C36H26Cl2N6ORu. The molecular weight excluding hydrogens is 704 g/mol. The first-order chi connectivity index (χ1) is 22.3. The van der Waals surface area contributed by atoms with Gasteiger partial charge in [-0.2, -0.15) is 0 Å². The second-order valence-corrected chi connectivity index (χ2v) is 12.3. The quantitative estimate of drug-likeness (QED) is 0.114. The molecule has 6 heterocycles. The van der Waals surface area contributed by atoms with Gasteiger partial charge in [-0.15, -0.1) is 0 Å². The molecule has 0 radical (unpaired) electrons. The number of rotatable bonds is 0. The van der Waals surface area contributed by atoms with Crippen LogP contribution in [0.4, 0.5) is 0 Å². The van der Waals surface area contributed by atoms with Crippen LogP contribution in [0.3, 0.4) is 0 Å². The zero-order valence-electron chi connectivity index (χ0n) is 24.1. The number of benzene rings is 3. The fourth-order valence-electron chi connectivity index (χ4n) is 5.04. The molecule has 0 saturated carbocycles. The largest absolute Gasteiger partial charge is 0.254 e. The molecule has 0 atom stereocenters. The van der Waals surface area contributed by atoms with E-state index < -0.39 is 0 Å². The maximum absolute atomic E-state index is 4.85. The molecule has 3 aromatic carbocycles. The van der Waals surface area contributed by atoms with Gasteiger partial charge in [0, 0.05) is 69.5 Å². The van der Waals surface area contributed by atoms with Crippen LogP contribution in [0.5, 0.6) is 0 Å². The Morgan fingerprint density at radius 2 is 0.457 bits per heavy atom. The Morgan fingerprint density at radius 3 is 0.609 bits per heavy atom. The molecule has 46 heavy (non-hydrogen) atoms. The van der Waals surface area contributed by atoms with Gasteiger partial charge in [-0.25, -0.2) is 0 Å². The van der Waals surface area contributed by atoms with Crippen molar-refractivity contribution in [3.8, 4) is 0 Å². The summed E-state index contributed by atoms with van der Waals surface area (Å²) in [4.78, 5) is 26.1. The summed E-state index contributed by atoms with van der Waals surface area (Å²) in [6.07, 6.45) is 10.8. The minimum Gasteiger partial charge on any atom is -0.254 e. The predicted molar refractivity (Wildman–Crippen MR) is 186 cm³/mol. The van der Waals surface area contributed by atoms with E-state index in [2.05, 4.69) is 103 Å². The average Bonchev–Trinajstić information content (AvgIpc) is 3.12. The molecule has 228 valence electrons. The number of hydrogen-bond acceptors (Lipinski definition) is 6. The van der Waals surface area contributed by atoms with E-state index >= 15 is 0 Å². The van der Waals surface area contributed by atoms with Crippen molar-refractivity contribution in [1.82, 2.24) is 29.9 Å². The molecule has 0 spiro atoms. The molecule has 2 N–H and O–H groups in total. The Balaban J connectivity index is 0.000000129. The standard InChI is InChI=1S/3C12H8N2.2ClH.H2O.Ru/c3*1-3-9-5-6-10-4-2-8-14-12(10)11(9)13-7-1;;;;/h3*1-8H;2*1H;1H2;/q;;;;;;+2/p-2. The number of pyridine rings is 6. The van der Waals surface area contributed by atoms with Gasteiger partial charge in [0.05, 0.1) is 33.1 Å². The summed E-state index contributed by atoms with van der Waals surface area (Å²) in [6.45, 7) is 0. The third-order valence-electron chi connectivity index (χ3n) is 7.03. The molecule has 9 aromatic rings. The van der Waals surface area contributed by atoms with Crippen molar-refractivity contribution >= 4 is 84.8 Å². The summed E-state index contributed by atoms with van der Waals surface area (Å²) < 4.78 is 0. The molecule has 0 aliphatic heterocycles. The van der Waals surface area contributed by atoms with Crippen LogP contribution in [0, 0.1) is 0 Å². The first-order valence-corrected chi connectivity index (χ1v) is 18.3. The van der Waals surface area contributed by atoms with Gasteiger partial charge in [0.25, 0.3) is 0 Å². The van der Waals surface area contributed by atoms with Gasteiger partial charge in [-0.1, -0.05) is 72.8 Å². The van der Waals surface area contributed by atoms with E-state index in [0.29, 0.717) is 0 Å². The van der Waals surface area contributed by atoms with Crippen LogP contribution in [0.1, 0.15) is 0 Å². The molecule has 0 amide bonds. The van der Waals surface area contributed by atoms with Crippen LogP contribution < -0.4 is 0 Å². The van der Waals surface area contributed by atoms with Gasteiger partial charge in [-0.3, -0.25) is 29.9 Å². The minimum absolute atomic E-state index is 0. The van der Waals surface area contributed by atoms with E-state index in [1.807, 2.05) is 36.4 Å². The second kappa shape index (κ2) is 16.0. The van der Waals surface area contributed by atoms with Crippen molar-refractivity contribution in [3.63, 3.8) is 0 Å². The molecule has 0 bridgehead atoms. The van der Waals surface area contributed by atoms with Crippen molar-refractivity contribution in [3.05, 3.63) is 146 Å². The van der Waals surface area contributed by atoms with Crippen LogP contribution >= 0.6 is 19.4 Å². The fraction of sp³-hybridized carbons (Fsp3) is 0. The minimum atomic E-state index is -0.346. The van der Waals surface area contributed by atoms with E-state index in [-0.39, 0.29) is 20.6 Å². The van der Waals surface area contributed by atoms with E-state index in [0.717, 1.165) is 65.4 Å². The van der Waals surface area contributed by atoms with Gasteiger partial charge >= 0.3 is 34.5 Å². The molecule has 7 nitrogen and oxygen atoms in total. The Bertz CT molecular complexity index is 1950. The third kappa shape index (κ3) is 7.39. The van der Waals surface area contributed by atoms with Crippen LogP contribution in [-0.2, 0) is 15.1 Å². The molecule has 10 heteroatoms. The summed E-state index contributed by atoms with van der Waals surface area (Å²) >= 11 is -0.346. The van der Waals surface area contributed by atoms with Crippen LogP contribution in [0.2, 0.25) is 0 Å². The average molecular weight is 731 g/mol. The number of fused-ring (bicyclic) bond motifs is 9. The predicted octanol–water partition coefficient (Wildman–Crippen LogP) is 8.90. The fourth-order valence-corrected chi connectivity index (χ4v) is 5.04. The van der Waals surface area contributed by atoms with Gasteiger partial charge in [0.15, 0.2) is 0 Å². The maximum atomic E-state index is 4.85. The van der Waals surface area contributed by atoms with Crippen LogP contribution in [0.15, 0.2) is 146 Å². The molecule has 0 aliphatic carbocycles. The molecule has 0 fully saturated rings. The van der Waals surface area contributed by atoms with Crippen molar-refractivity contribution in [2.24, 2.45) is 0 Å². The first-order valence-electron chi connectivity index (χ1n) is 13.9. The maximum Gasteiger partial charge on any atom is 0.0964 e. The normalized spacial score (nSPS) is 10.4. The number of halogens is 2. The van der Waals surface area contributed by atoms with Crippen LogP contribution in [-0.4, -0.2) is 35.4 Å². The summed E-state index contributed by atoms with van der Waals surface area (Å²) in [5.74, 6) is 0. The SMILES string of the molecule is O.[Cl][Ru][Cl].c1cnc2c(c1)ccc1cccnc12.c1cnc2c(c1)ccc1cccnc12.c1cnc2c(c1)ccc1cccnc12. The van der Waals surface area contributed by atoms with Gasteiger partial charge in [0.1, 0.15) is 0 Å². The van der Waals surface area contributed by atoms with Crippen molar-refractivity contribution in [1.29, 1.82) is 0 Å². The van der Waals surface area contributed by atoms with E-state index in [1.165, 1.54) is 0 Å². The Hall–Kier alpha value is -4.72. The molecule has 0 aliphatic rings. The third-order valence-corrected chi connectivity index (χ3v) is 7.03. The topological polar surface area (TPSA) is 109 Å². The van der Waals surface area contributed by atoms with Crippen molar-refractivity contribution in [2.45, 2.75) is 0 Å². The number of nitrogens with zero attached hydrogens (tertiary/aromatic N) is 6. The van der Waals surface area contributed by atoms with Crippen LogP contribution in [0.25, 0.3) is 65.4 Å². The number of hydrogen-bond donors (Lipinski definition) is 0.